The highest BCUT2D eigenvalue weighted by atomic mass is 16.5. The summed E-state index contributed by atoms with van der Waals surface area (Å²) in [5.41, 5.74) is 2.53. The van der Waals surface area contributed by atoms with Gasteiger partial charge in [-0.3, -0.25) is 24.1 Å². The van der Waals surface area contributed by atoms with Crippen LogP contribution >= 0.6 is 0 Å². The molecular formula is C27H20N2O5. The Morgan fingerprint density at radius 3 is 1.94 bits per heavy atom. The highest BCUT2D eigenvalue weighted by molar-refractivity contribution is 6.25. The van der Waals surface area contributed by atoms with E-state index in [1.807, 2.05) is 0 Å². The average Bonchev–Trinajstić information content (AvgIpc) is 3.11. The molecule has 2 aliphatic rings. The predicted molar refractivity (Wildman–Crippen MR) is 125 cm³/mol. The van der Waals surface area contributed by atoms with E-state index in [0.717, 1.165) is 0 Å². The van der Waals surface area contributed by atoms with Gasteiger partial charge in [0.2, 0.25) is 5.78 Å². The molecule has 1 aliphatic heterocycles. The van der Waals surface area contributed by atoms with E-state index in [1.54, 1.807) is 72.8 Å². The van der Waals surface area contributed by atoms with Gasteiger partial charge in [0.05, 0.1) is 23.4 Å². The highest BCUT2D eigenvalue weighted by Gasteiger charge is 2.34. The molecule has 3 aromatic carbocycles. The van der Waals surface area contributed by atoms with Gasteiger partial charge in [0, 0.05) is 29.4 Å². The summed E-state index contributed by atoms with van der Waals surface area (Å²) in [6.07, 6.45) is 1.81. The summed E-state index contributed by atoms with van der Waals surface area (Å²) in [4.78, 5) is 51.0. The van der Waals surface area contributed by atoms with Crippen LogP contribution in [-0.4, -0.2) is 41.4 Å². The molecule has 1 aliphatic carbocycles. The first kappa shape index (κ1) is 21.3. The maximum absolute atomic E-state index is 12.7. The fourth-order valence-electron chi connectivity index (χ4n) is 4.05. The van der Waals surface area contributed by atoms with Gasteiger partial charge in [0.15, 0.2) is 5.78 Å². The lowest BCUT2D eigenvalue weighted by molar-refractivity contribution is 0.0646. The van der Waals surface area contributed by atoms with Crippen LogP contribution in [0.2, 0.25) is 0 Å². The van der Waals surface area contributed by atoms with Crippen molar-refractivity contribution in [3.05, 3.63) is 107 Å². The van der Waals surface area contributed by atoms with Crippen LogP contribution in [0.5, 0.6) is 5.75 Å². The van der Waals surface area contributed by atoms with E-state index in [1.165, 1.54) is 11.0 Å². The van der Waals surface area contributed by atoms with E-state index in [4.69, 9.17) is 4.74 Å². The topological polar surface area (TPSA) is 92.8 Å². The number of hydrogen-bond donors (Lipinski definition) is 1. The van der Waals surface area contributed by atoms with Crippen molar-refractivity contribution < 1.29 is 23.9 Å². The smallest absolute Gasteiger partial charge is 0.261 e. The van der Waals surface area contributed by atoms with Gasteiger partial charge in [-0.2, -0.15) is 0 Å². The van der Waals surface area contributed by atoms with Crippen molar-refractivity contribution in [1.29, 1.82) is 0 Å². The van der Waals surface area contributed by atoms with Gasteiger partial charge in [0.25, 0.3) is 11.8 Å². The Hall–Kier alpha value is -4.52. The number of carbonyl (C=O) groups is 4. The standard InChI is InChI=1S/C27H20N2O5/c30-24-16-23(25(31)20-7-2-1-6-19(20)24)28-17-10-12-18(13-11-17)34-15-5-14-29-26(32)21-8-3-4-9-22(21)27(29)33/h1-4,6-13,16,28H,5,14-15H2. The molecule has 0 spiro atoms. The van der Waals surface area contributed by atoms with Gasteiger partial charge in [-0.1, -0.05) is 36.4 Å². The molecule has 2 amide bonds. The number of rotatable bonds is 7. The summed E-state index contributed by atoms with van der Waals surface area (Å²) >= 11 is 0. The van der Waals surface area contributed by atoms with Gasteiger partial charge in [0.1, 0.15) is 5.75 Å². The minimum atomic E-state index is -0.274. The molecule has 1 N–H and O–H groups in total. The van der Waals surface area contributed by atoms with Gasteiger partial charge in [-0.15, -0.1) is 0 Å². The molecule has 3 aromatic rings. The molecule has 0 atom stereocenters. The largest absolute Gasteiger partial charge is 0.494 e. The number of ether oxygens (including phenoxy) is 1. The van der Waals surface area contributed by atoms with Gasteiger partial charge in [-0.05, 0) is 42.8 Å². The fraction of sp³-hybridized carbons (Fsp3) is 0.111. The second kappa shape index (κ2) is 8.78. The summed E-state index contributed by atoms with van der Waals surface area (Å²) in [7, 11) is 0. The zero-order valence-corrected chi connectivity index (χ0v) is 18.1. The number of nitrogens with zero attached hydrogens (tertiary/aromatic N) is 1. The molecule has 168 valence electrons. The molecule has 0 fully saturated rings. The van der Waals surface area contributed by atoms with Crippen LogP contribution in [0.25, 0.3) is 0 Å². The predicted octanol–water partition coefficient (Wildman–Crippen LogP) is 4.13. The average molecular weight is 452 g/mol. The van der Waals surface area contributed by atoms with E-state index in [0.29, 0.717) is 46.7 Å². The van der Waals surface area contributed by atoms with Crippen molar-refractivity contribution in [2.24, 2.45) is 0 Å². The van der Waals surface area contributed by atoms with Gasteiger partial charge < -0.3 is 10.1 Å². The van der Waals surface area contributed by atoms with Crippen molar-refractivity contribution in [2.45, 2.75) is 6.42 Å². The van der Waals surface area contributed by atoms with Crippen LogP contribution in [0.15, 0.2) is 84.6 Å². The fourth-order valence-corrected chi connectivity index (χ4v) is 4.05. The number of benzene rings is 3. The van der Waals surface area contributed by atoms with Crippen molar-refractivity contribution in [2.75, 3.05) is 18.5 Å². The van der Waals surface area contributed by atoms with Crippen LogP contribution in [0, 0.1) is 0 Å². The number of imide groups is 1. The van der Waals surface area contributed by atoms with E-state index in [9.17, 15) is 19.2 Å². The molecule has 0 saturated heterocycles. The molecule has 7 heteroatoms. The molecule has 34 heavy (non-hydrogen) atoms. The van der Waals surface area contributed by atoms with Crippen molar-refractivity contribution in [1.82, 2.24) is 4.90 Å². The van der Waals surface area contributed by atoms with E-state index in [-0.39, 0.29) is 35.6 Å². The summed E-state index contributed by atoms with van der Waals surface area (Å²) in [5, 5.41) is 3.01. The van der Waals surface area contributed by atoms with Gasteiger partial charge >= 0.3 is 0 Å². The first-order valence-electron chi connectivity index (χ1n) is 10.9. The lowest BCUT2D eigenvalue weighted by Crippen LogP contribution is -2.31. The molecule has 0 unspecified atom stereocenters. The lowest BCUT2D eigenvalue weighted by atomic mass is 9.92. The third-order valence-corrected chi connectivity index (χ3v) is 5.76. The third kappa shape index (κ3) is 3.88. The number of amides is 2. The number of anilines is 1. The Morgan fingerprint density at radius 2 is 1.29 bits per heavy atom. The molecule has 0 radical (unpaired) electrons. The van der Waals surface area contributed by atoms with E-state index in [2.05, 4.69) is 5.32 Å². The SMILES string of the molecule is O=C1C=C(Nc2ccc(OCCCN3C(=O)c4ccccc4C3=O)cc2)C(=O)c2ccccc21. The second-order valence-corrected chi connectivity index (χ2v) is 7.96. The molecule has 0 saturated carbocycles. The van der Waals surface area contributed by atoms with Gasteiger partial charge in [-0.25, -0.2) is 0 Å². The number of allylic oxidation sites excluding steroid dienone is 2. The number of Topliss-reactive ketones (excluding diaryl/α,β-unsaturated/α-hetero) is 1. The lowest BCUT2D eigenvalue weighted by Gasteiger charge is -2.17. The van der Waals surface area contributed by atoms with Crippen LogP contribution < -0.4 is 10.1 Å². The Morgan fingerprint density at radius 1 is 0.706 bits per heavy atom. The molecule has 1 heterocycles. The zero-order valence-electron chi connectivity index (χ0n) is 18.1. The van der Waals surface area contributed by atoms with Crippen molar-refractivity contribution in [3.63, 3.8) is 0 Å². The first-order valence-corrected chi connectivity index (χ1v) is 10.9. The number of nitrogens with one attached hydrogen (secondary N) is 1. The van der Waals surface area contributed by atoms with Crippen LogP contribution in [-0.2, 0) is 0 Å². The Labute approximate surface area is 195 Å². The second-order valence-electron chi connectivity index (χ2n) is 7.96. The summed E-state index contributed by atoms with van der Waals surface area (Å²) in [6, 6.07) is 20.5. The minimum Gasteiger partial charge on any atom is -0.494 e. The van der Waals surface area contributed by atoms with Crippen molar-refractivity contribution in [3.8, 4) is 5.75 Å². The zero-order chi connectivity index (χ0) is 23.7. The Balaban J connectivity index is 1.14. The normalized spacial score (nSPS) is 14.6. The maximum Gasteiger partial charge on any atom is 0.261 e. The Bertz CT molecular complexity index is 1320. The quantitative estimate of drug-likeness (QED) is 0.428. The summed E-state index contributed by atoms with van der Waals surface area (Å²) < 4.78 is 5.73. The molecule has 5 rings (SSSR count). The maximum atomic E-state index is 12.7. The third-order valence-electron chi connectivity index (χ3n) is 5.76. The Kier molecular flexibility index (Phi) is 5.51. The van der Waals surface area contributed by atoms with Crippen LogP contribution in [0.1, 0.15) is 47.9 Å². The molecule has 0 bridgehead atoms. The molecule has 0 aromatic heterocycles. The number of ketones is 2. The number of hydrogen-bond acceptors (Lipinski definition) is 6. The van der Waals surface area contributed by atoms with E-state index < -0.39 is 0 Å². The van der Waals surface area contributed by atoms with Crippen LogP contribution in [0.3, 0.4) is 0 Å². The number of carbonyl (C=O) groups excluding carboxylic acids is 4. The van der Waals surface area contributed by atoms with Crippen LogP contribution in [0.4, 0.5) is 5.69 Å². The summed E-state index contributed by atoms with van der Waals surface area (Å²) in [5.74, 6) is -0.384. The monoisotopic (exact) mass is 452 g/mol. The highest BCUT2D eigenvalue weighted by Crippen LogP contribution is 2.25. The molecular weight excluding hydrogens is 432 g/mol. The first-order chi connectivity index (χ1) is 16.5. The number of fused-ring (bicyclic) bond motifs is 2. The molecule has 7 nitrogen and oxygen atoms in total. The van der Waals surface area contributed by atoms with Crippen molar-refractivity contribution >= 4 is 29.1 Å². The van der Waals surface area contributed by atoms with E-state index >= 15 is 0 Å². The minimum absolute atomic E-state index is 0.212. The summed E-state index contributed by atoms with van der Waals surface area (Å²) in [6.45, 7) is 0.604.